The van der Waals surface area contributed by atoms with Gasteiger partial charge in [-0.15, -0.1) is 0 Å². The number of halogens is 1. The predicted octanol–water partition coefficient (Wildman–Crippen LogP) is 4.39. The van der Waals surface area contributed by atoms with Gasteiger partial charge in [0.05, 0.1) is 12.4 Å². The van der Waals surface area contributed by atoms with Crippen LogP contribution >= 0.6 is 11.6 Å². The number of nitrogens with one attached hydrogen (secondary N) is 3. The van der Waals surface area contributed by atoms with Gasteiger partial charge in [0.15, 0.2) is 0 Å². The van der Waals surface area contributed by atoms with Gasteiger partial charge in [-0.25, -0.2) is 9.97 Å². The van der Waals surface area contributed by atoms with Gasteiger partial charge >= 0.3 is 0 Å². The molecule has 3 N–H and O–H groups in total. The van der Waals surface area contributed by atoms with Crippen molar-refractivity contribution in [3.8, 4) is 0 Å². The Bertz CT molecular complexity index is 1020. The Balaban J connectivity index is 1.66. The van der Waals surface area contributed by atoms with Gasteiger partial charge in [0.2, 0.25) is 5.91 Å². The molecule has 1 heterocycles. The van der Waals surface area contributed by atoms with Crippen molar-refractivity contribution in [1.29, 1.82) is 0 Å². The van der Waals surface area contributed by atoms with Crippen molar-refractivity contribution in [3.05, 3.63) is 71.1 Å². The summed E-state index contributed by atoms with van der Waals surface area (Å²) in [5, 5.41) is 9.09. The fraction of sp³-hybridized carbons (Fsp3) is 0.100. The first-order valence-corrected chi connectivity index (χ1v) is 8.83. The van der Waals surface area contributed by atoms with Gasteiger partial charge in [0.25, 0.3) is 5.91 Å². The molecule has 2 aromatic carbocycles. The van der Waals surface area contributed by atoms with E-state index in [1.165, 1.54) is 19.3 Å². The summed E-state index contributed by atoms with van der Waals surface area (Å²) in [6.45, 7) is 3.33. The summed E-state index contributed by atoms with van der Waals surface area (Å²) < 4.78 is 0. The molecule has 142 valence electrons. The Morgan fingerprint density at radius 2 is 1.68 bits per heavy atom. The quantitative estimate of drug-likeness (QED) is 0.595. The van der Waals surface area contributed by atoms with E-state index in [2.05, 4.69) is 25.9 Å². The normalized spacial score (nSPS) is 10.2. The zero-order chi connectivity index (χ0) is 20.1. The van der Waals surface area contributed by atoms with E-state index in [9.17, 15) is 9.59 Å². The highest BCUT2D eigenvalue weighted by molar-refractivity contribution is 6.31. The van der Waals surface area contributed by atoms with Crippen molar-refractivity contribution in [2.45, 2.75) is 13.8 Å². The van der Waals surface area contributed by atoms with E-state index in [0.717, 1.165) is 11.3 Å². The van der Waals surface area contributed by atoms with Crippen LogP contribution in [0.4, 0.5) is 22.9 Å². The average molecular weight is 396 g/mol. The van der Waals surface area contributed by atoms with Crippen molar-refractivity contribution in [3.63, 3.8) is 0 Å². The van der Waals surface area contributed by atoms with Gasteiger partial charge in [0.1, 0.15) is 11.5 Å². The summed E-state index contributed by atoms with van der Waals surface area (Å²) in [5.41, 5.74) is 3.08. The van der Waals surface area contributed by atoms with Gasteiger partial charge in [0, 0.05) is 29.0 Å². The molecule has 28 heavy (non-hydrogen) atoms. The van der Waals surface area contributed by atoms with Gasteiger partial charge in [-0.05, 0) is 42.8 Å². The molecule has 0 saturated heterocycles. The van der Waals surface area contributed by atoms with Crippen LogP contribution in [0.2, 0.25) is 5.02 Å². The predicted molar refractivity (Wildman–Crippen MR) is 110 cm³/mol. The average Bonchev–Trinajstić information content (AvgIpc) is 2.65. The minimum Gasteiger partial charge on any atom is -0.339 e. The van der Waals surface area contributed by atoms with Crippen molar-refractivity contribution < 1.29 is 9.59 Å². The zero-order valence-electron chi connectivity index (χ0n) is 15.3. The number of hydrogen-bond acceptors (Lipinski definition) is 5. The minimum absolute atomic E-state index is 0.151. The number of rotatable bonds is 5. The van der Waals surface area contributed by atoms with Crippen LogP contribution in [-0.4, -0.2) is 21.8 Å². The highest BCUT2D eigenvalue weighted by atomic mass is 35.5. The van der Waals surface area contributed by atoms with E-state index < -0.39 is 0 Å². The molecular formula is C20H18ClN5O2. The molecule has 3 aromatic rings. The van der Waals surface area contributed by atoms with Crippen LogP contribution in [0.3, 0.4) is 0 Å². The number of hydrogen-bond donors (Lipinski definition) is 3. The first-order chi connectivity index (χ1) is 13.4. The second-order valence-electron chi connectivity index (χ2n) is 6.09. The molecule has 3 rings (SSSR count). The van der Waals surface area contributed by atoms with Gasteiger partial charge in [-0.3, -0.25) is 9.59 Å². The first-order valence-electron chi connectivity index (χ1n) is 8.45. The fourth-order valence-electron chi connectivity index (χ4n) is 2.40. The molecule has 1 aromatic heterocycles. The maximum atomic E-state index is 12.3. The van der Waals surface area contributed by atoms with Gasteiger partial charge in [-0.1, -0.05) is 23.7 Å². The molecule has 0 unspecified atom stereocenters. The number of amides is 2. The number of carbonyl (C=O) groups is 2. The number of anilines is 4. The molecule has 0 aliphatic carbocycles. The van der Waals surface area contributed by atoms with Crippen LogP contribution in [0.1, 0.15) is 23.0 Å². The molecule has 0 atom stereocenters. The van der Waals surface area contributed by atoms with Crippen LogP contribution < -0.4 is 16.0 Å². The lowest BCUT2D eigenvalue weighted by atomic mass is 10.2. The summed E-state index contributed by atoms with van der Waals surface area (Å²) in [6.07, 6.45) is 2.84. The number of carbonyl (C=O) groups excluding carboxylic acids is 2. The SMILES string of the molecule is CC(=O)Nc1cccc(Nc2cnc(C(=O)Nc3ccc(C)c(Cl)c3)cn2)c1. The highest BCUT2D eigenvalue weighted by Crippen LogP contribution is 2.21. The largest absolute Gasteiger partial charge is 0.339 e. The Kier molecular flexibility index (Phi) is 5.86. The smallest absolute Gasteiger partial charge is 0.275 e. The van der Waals surface area contributed by atoms with E-state index in [1.54, 1.807) is 30.3 Å². The van der Waals surface area contributed by atoms with E-state index in [0.29, 0.717) is 22.2 Å². The van der Waals surface area contributed by atoms with Crippen molar-refractivity contribution in [1.82, 2.24) is 9.97 Å². The highest BCUT2D eigenvalue weighted by Gasteiger charge is 2.10. The fourth-order valence-corrected chi connectivity index (χ4v) is 2.58. The summed E-state index contributed by atoms with van der Waals surface area (Å²) in [7, 11) is 0. The lowest BCUT2D eigenvalue weighted by molar-refractivity contribution is -0.114. The lowest BCUT2D eigenvalue weighted by Gasteiger charge is -2.09. The van der Waals surface area contributed by atoms with Gasteiger partial charge in [-0.2, -0.15) is 0 Å². The first kappa shape index (κ1) is 19.3. The van der Waals surface area contributed by atoms with Crippen molar-refractivity contribution >= 4 is 46.3 Å². The Morgan fingerprint density at radius 3 is 2.36 bits per heavy atom. The topological polar surface area (TPSA) is 96.0 Å². The third-order valence-electron chi connectivity index (χ3n) is 3.77. The van der Waals surface area contributed by atoms with Crippen LogP contribution in [-0.2, 0) is 4.79 Å². The zero-order valence-corrected chi connectivity index (χ0v) is 16.0. The Labute approximate surface area is 167 Å². The minimum atomic E-state index is -0.383. The second-order valence-corrected chi connectivity index (χ2v) is 6.50. The number of nitrogens with zero attached hydrogens (tertiary/aromatic N) is 2. The molecular weight excluding hydrogens is 378 g/mol. The summed E-state index contributed by atoms with van der Waals surface area (Å²) in [5.74, 6) is -0.0660. The van der Waals surface area contributed by atoms with Crippen LogP contribution in [0.25, 0.3) is 0 Å². The second kappa shape index (κ2) is 8.49. The third kappa shape index (κ3) is 5.05. The van der Waals surface area contributed by atoms with E-state index in [1.807, 2.05) is 19.1 Å². The molecule has 0 aliphatic heterocycles. The van der Waals surface area contributed by atoms with E-state index >= 15 is 0 Å². The monoisotopic (exact) mass is 395 g/mol. The molecule has 0 aliphatic rings. The Morgan fingerprint density at radius 1 is 0.929 bits per heavy atom. The van der Waals surface area contributed by atoms with Crippen LogP contribution in [0, 0.1) is 6.92 Å². The van der Waals surface area contributed by atoms with Crippen LogP contribution in [0.5, 0.6) is 0 Å². The molecule has 0 saturated carbocycles. The number of aryl methyl sites for hydroxylation is 1. The van der Waals surface area contributed by atoms with Crippen molar-refractivity contribution in [2.24, 2.45) is 0 Å². The Hall–Kier alpha value is -3.45. The molecule has 2 amide bonds. The van der Waals surface area contributed by atoms with E-state index in [-0.39, 0.29) is 17.5 Å². The standard InChI is InChI=1S/C20H18ClN5O2/c1-12-6-7-16(9-17(12)21)26-20(28)18-10-23-19(11-22-18)25-15-5-3-4-14(8-15)24-13(2)27/h3-11H,1-2H3,(H,23,25)(H,24,27)(H,26,28). The molecule has 7 nitrogen and oxygen atoms in total. The molecule has 0 bridgehead atoms. The molecule has 0 fully saturated rings. The lowest BCUT2D eigenvalue weighted by Crippen LogP contribution is -2.14. The summed E-state index contributed by atoms with van der Waals surface area (Å²) in [4.78, 5) is 31.8. The summed E-state index contributed by atoms with van der Waals surface area (Å²) in [6, 6.07) is 12.5. The van der Waals surface area contributed by atoms with E-state index in [4.69, 9.17) is 11.6 Å². The third-order valence-corrected chi connectivity index (χ3v) is 4.18. The van der Waals surface area contributed by atoms with Crippen molar-refractivity contribution in [2.75, 3.05) is 16.0 Å². The van der Waals surface area contributed by atoms with Crippen LogP contribution in [0.15, 0.2) is 54.9 Å². The molecule has 8 heteroatoms. The maximum Gasteiger partial charge on any atom is 0.275 e. The number of benzene rings is 2. The maximum absolute atomic E-state index is 12.3. The molecule has 0 spiro atoms. The van der Waals surface area contributed by atoms with Gasteiger partial charge < -0.3 is 16.0 Å². The number of aromatic nitrogens is 2. The molecule has 0 radical (unpaired) electrons. The summed E-state index contributed by atoms with van der Waals surface area (Å²) >= 11 is 6.07.